The lowest BCUT2D eigenvalue weighted by Crippen LogP contribution is -2.00. The van der Waals surface area contributed by atoms with Gasteiger partial charge in [-0.1, -0.05) is 30.3 Å². The predicted octanol–water partition coefficient (Wildman–Crippen LogP) is 4.79. The van der Waals surface area contributed by atoms with E-state index in [1.165, 1.54) is 23.9 Å². The number of aryl methyl sites for hydroxylation is 1. The summed E-state index contributed by atoms with van der Waals surface area (Å²) in [5.74, 6) is 1.27. The Balaban J connectivity index is 1.61. The van der Waals surface area contributed by atoms with Gasteiger partial charge in [0, 0.05) is 33.9 Å². The third-order valence-corrected chi connectivity index (χ3v) is 5.50. The second-order valence-electron chi connectivity index (χ2n) is 6.18. The Hall–Kier alpha value is -2.77. The number of halogens is 1. The number of benzene rings is 2. The second kappa shape index (κ2) is 7.69. The summed E-state index contributed by atoms with van der Waals surface area (Å²) in [5, 5.41) is 19.2. The fourth-order valence-electron chi connectivity index (χ4n) is 2.90. The summed E-state index contributed by atoms with van der Waals surface area (Å²) in [6.45, 7) is 1.96. The standard InChI is InChI=1S/C20H16ClN3O3S/c1-2-11-7-15-13(8-18(26)27-17(15)9-16(11)25)10-28-20-22-19(23-24-20)12-3-5-14(21)6-4-12/h3-9,25H,2,10H2,1H3,(H,22,23,24). The van der Waals surface area contributed by atoms with Crippen molar-refractivity contribution in [3.63, 3.8) is 0 Å². The summed E-state index contributed by atoms with van der Waals surface area (Å²) in [6, 6.07) is 12.1. The molecule has 6 nitrogen and oxygen atoms in total. The molecule has 0 aliphatic carbocycles. The molecule has 0 aliphatic rings. The van der Waals surface area contributed by atoms with Gasteiger partial charge < -0.3 is 9.52 Å². The lowest BCUT2D eigenvalue weighted by Gasteiger charge is -2.07. The molecular formula is C20H16ClN3O3S. The molecule has 8 heteroatoms. The van der Waals surface area contributed by atoms with Crippen molar-refractivity contribution in [1.29, 1.82) is 0 Å². The van der Waals surface area contributed by atoms with Crippen LogP contribution >= 0.6 is 23.4 Å². The fourth-order valence-corrected chi connectivity index (χ4v) is 3.82. The number of nitrogens with zero attached hydrogens (tertiary/aromatic N) is 2. The van der Waals surface area contributed by atoms with Crippen molar-refractivity contribution in [1.82, 2.24) is 15.2 Å². The molecule has 2 heterocycles. The van der Waals surface area contributed by atoms with E-state index in [9.17, 15) is 9.90 Å². The Morgan fingerprint density at radius 3 is 2.71 bits per heavy atom. The van der Waals surface area contributed by atoms with Crippen molar-refractivity contribution in [2.75, 3.05) is 0 Å². The average molecular weight is 414 g/mol. The summed E-state index contributed by atoms with van der Waals surface area (Å²) in [5.41, 5.74) is 2.41. The number of thioether (sulfide) groups is 1. The smallest absolute Gasteiger partial charge is 0.336 e. The highest BCUT2D eigenvalue weighted by atomic mass is 35.5. The number of aromatic nitrogens is 3. The zero-order chi connectivity index (χ0) is 19.7. The molecule has 4 rings (SSSR count). The number of H-pyrrole nitrogens is 1. The molecular weight excluding hydrogens is 398 g/mol. The number of phenols is 1. The first-order chi connectivity index (χ1) is 13.5. The quantitative estimate of drug-likeness (QED) is 0.361. The molecule has 0 saturated heterocycles. The van der Waals surface area contributed by atoms with Crippen LogP contribution in [0.15, 0.2) is 56.8 Å². The second-order valence-corrected chi connectivity index (χ2v) is 7.56. The van der Waals surface area contributed by atoms with Gasteiger partial charge in [-0.2, -0.15) is 0 Å². The monoisotopic (exact) mass is 413 g/mol. The molecule has 28 heavy (non-hydrogen) atoms. The third-order valence-electron chi connectivity index (χ3n) is 4.35. The fraction of sp³-hybridized carbons (Fsp3) is 0.150. The lowest BCUT2D eigenvalue weighted by atomic mass is 10.1. The first-order valence-electron chi connectivity index (χ1n) is 8.63. The summed E-state index contributed by atoms with van der Waals surface area (Å²) >= 11 is 7.33. The Morgan fingerprint density at radius 2 is 1.96 bits per heavy atom. The highest BCUT2D eigenvalue weighted by molar-refractivity contribution is 7.98. The summed E-state index contributed by atoms with van der Waals surface area (Å²) in [4.78, 5) is 16.4. The van der Waals surface area contributed by atoms with E-state index in [-0.39, 0.29) is 5.75 Å². The normalized spacial score (nSPS) is 11.2. The first-order valence-corrected chi connectivity index (χ1v) is 9.99. The lowest BCUT2D eigenvalue weighted by molar-refractivity contribution is 0.466. The van der Waals surface area contributed by atoms with Crippen LogP contribution in [0.25, 0.3) is 22.4 Å². The van der Waals surface area contributed by atoms with Crippen LogP contribution in [0, 0.1) is 0 Å². The SMILES string of the molecule is CCc1cc2c(CSc3n[nH]c(-c4ccc(Cl)cc4)n3)cc(=O)oc2cc1O. The van der Waals surface area contributed by atoms with E-state index >= 15 is 0 Å². The van der Waals surface area contributed by atoms with Crippen molar-refractivity contribution in [2.45, 2.75) is 24.3 Å². The van der Waals surface area contributed by atoms with Gasteiger partial charge >= 0.3 is 5.63 Å². The number of hydrogen-bond acceptors (Lipinski definition) is 6. The van der Waals surface area contributed by atoms with E-state index in [0.29, 0.717) is 33.8 Å². The number of phenolic OH excluding ortho intramolecular Hbond substituents is 1. The molecule has 0 unspecified atom stereocenters. The minimum Gasteiger partial charge on any atom is -0.508 e. The van der Waals surface area contributed by atoms with Gasteiger partial charge in [-0.3, -0.25) is 5.10 Å². The van der Waals surface area contributed by atoms with Gasteiger partial charge in [0.1, 0.15) is 11.3 Å². The molecule has 2 aromatic carbocycles. The molecule has 0 aliphatic heterocycles. The van der Waals surface area contributed by atoms with Crippen LogP contribution < -0.4 is 5.63 Å². The largest absolute Gasteiger partial charge is 0.508 e. The Bertz CT molecular complexity index is 1200. The molecule has 0 radical (unpaired) electrons. The number of aromatic amines is 1. The molecule has 0 saturated carbocycles. The van der Waals surface area contributed by atoms with E-state index in [1.807, 2.05) is 25.1 Å². The Kier molecular flexibility index (Phi) is 5.11. The van der Waals surface area contributed by atoms with E-state index in [2.05, 4.69) is 15.2 Å². The number of rotatable bonds is 5. The van der Waals surface area contributed by atoms with Gasteiger partial charge in [-0.15, -0.1) is 5.10 Å². The van der Waals surface area contributed by atoms with E-state index in [0.717, 1.165) is 22.1 Å². The number of aromatic hydroxyl groups is 1. The first kappa shape index (κ1) is 18.6. The maximum atomic E-state index is 11.9. The van der Waals surface area contributed by atoms with Crippen molar-refractivity contribution in [3.8, 4) is 17.1 Å². The summed E-state index contributed by atoms with van der Waals surface area (Å²) < 4.78 is 5.23. The van der Waals surface area contributed by atoms with Crippen LogP contribution in [-0.2, 0) is 12.2 Å². The predicted molar refractivity (Wildman–Crippen MR) is 110 cm³/mol. The van der Waals surface area contributed by atoms with Crippen molar-refractivity contribution >= 4 is 34.3 Å². The van der Waals surface area contributed by atoms with Crippen LogP contribution in [0.4, 0.5) is 0 Å². The van der Waals surface area contributed by atoms with Gasteiger partial charge in [0.2, 0.25) is 5.16 Å². The highest BCUT2D eigenvalue weighted by Crippen LogP contribution is 2.30. The Morgan fingerprint density at radius 1 is 1.18 bits per heavy atom. The van der Waals surface area contributed by atoms with Crippen LogP contribution in [0.5, 0.6) is 5.75 Å². The molecule has 0 atom stereocenters. The van der Waals surface area contributed by atoms with Crippen molar-refractivity contribution in [2.24, 2.45) is 0 Å². The molecule has 0 bridgehead atoms. The molecule has 2 N–H and O–H groups in total. The van der Waals surface area contributed by atoms with Gasteiger partial charge in [0.05, 0.1) is 0 Å². The summed E-state index contributed by atoms with van der Waals surface area (Å²) in [7, 11) is 0. The van der Waals surface area contributed by atoms with Crippen LogP contribution in [-0.4, -0.2) is 20.3 Å². The minimum atomic E-state index is -0.455. The zero-order valence-corrected chi connectivity index (χ0v) is 16.5. The molecule has 142 valence electrons. The molecule has 2 aromatic heterocycles. The molecule has 0 fully saturated rings. The van der Waals surface area contributed by atoms with E-state index in [4.69, 9.17) is 16.0 Å². The number of nitrogens with one attached hydrogen (secondary N) is 1. The zero-order valence-electron chi connectivity index (χ0n) is 14.9. The third kappa shape index (κ3) is 3.76. The van der Waals surface area contributed by atoms with Gasteiger partial charge in [0.25, 0.3) is 0 Å². The highest BCUT2D eigenvalue weighted by Gasteiger charge is 2.12. The average Bonchev–Trinajstić information content (AvgIpc) is 3.15. The number of fused-ring (bicyclic) bond motifs is 1. The van der Waals surface area contributed by atoms with E-state index < -0.39 is 5.63 Å². The maximum Gasteiger partial charge on any atom is 0.336 e. The van der Waals surface area contributed by atoms with Gasteiger partial charge in [0.15, 0.2) is 5.82 Å². The van der Waals surface area contributed by atoms with Crippen LogP contribution in [0.2, 0.25) is 5.02 Å². The molecule has 4 aromatic rings. The van der Waals surface area contributed by atoms with Crippen LogP contribution in [0.1, 0.15) is 18.1 Å². The Labute approximate surface area is 169 Å². The van der Waals surface area contributed by atoms with Gasteiger partial charge in [-0.05, 0) is 47.9 Å². The molecule has 0 amide bonds. The maximum absolute atomic E-state index is 11.9. The molecule has 0 spiro atoms. The minimum absolute atomic E-state index is 0.129. The van der Waals surface area contributed by atoms with Crippen LogP contribution in [0.3, 0.4) is 0 Å². The van der Waals surface area contributed by atoms with Crippen molar-refractivity contribution < 1.29 is 9.52 Å². The van der Waals surface area contributed by atoms with Crippen molar-refractivity contribution in [3.05, 3.63) is 69.0 Å². The topological polar surface area (TPSA) is 92.0 Å². The number of hydrogen-bond donors (Lipinski definition) is 2. The van der Waals surface area contributed by atoms with Gasteiger partial charge in [-0.25, -0.2) is 9.78 Å². The van der Waals surface area contributed by atoms with E-state index in [1.54, 1.807) is 12.1 Å². The summed E-state index contributed by atoms with van der Waals surface area (Å²) in [6.07, 6.45) is 0.679.